The van der Waals surface area contributed by atoms with Gasteiger partial charge in [-0.3, -0.25) is 0 Å². The summed E-state index contributed by atoms with van der Waals surface area (Å²) in [5.41, 5.74) is 0.780. The molecule has 1 heterocycles. The lowest BCUT2D eigenvalue weighted by atomic mass is 9.91. The highest BCUT2D eigenvalue weighted by Crippen LogP contribution is 2.24. The van der Waals surface area contributed by atoms with Gasteiger partial charge in [-0.2, -0.15) is 0 Å². The molecule has 1 aromatic carbocycles. The van der Waals surface area contributed by atoms with Crippen LogP contribution in [0.25, 0.3) is 0 Å². The number of nitrogens with one attached hydrogen (secondary N) is 1. The average Bonchev–Trinajstić information content (AvgIpc) is 2.39. The van der Waals surface area contributed by atoms with Crippen molar-refractivity contribution in [2.75, 3.05) is 20.2 Å². The van der Waals surface area contributed by atoms with Gasteiger partial charge < -0.3 is 10.1 Å². The van der Waals surface area contributed by atoms with E-state index in [1.807, 2.05) is 12.1 Å². The molecule has 1 fully saturated rings. The van der Waals surface area contributed by atoms with E-state index in [1.54, 1.807) is 6.07 Å². The van der Waals surface area contributed by atoms with Crippen LogP contribution in [0.3, 0.4) is 0 Å². The Bertz CT molecular complexity index is 361. The molecule has 3 heteroatoms. The van der Waals surface area contributed by atoms with E-state index in [0.717, 1.165) is 37.4 Å². The van der Waals surface area contributed by atoms with E-state index in [2.05, 4.69) is 5.32 Å². The quantitative estimate of drug-likeness (QED) is 0.869. The highest BCUT2D eigenvalue weighted by molar-refractivity contribution is 5.31. The van der Waals surface area contributed by atoms with Gasteiger partial charge in [0.2, 0.25) is 0 Å². The van der Waals surface area contributed by atoms with Crippen LogP contribution in [0.5, 0.6) is 5.75 Å². The second-order valence-corrected chi connectivity index (χ2v) is 4.67. The molecule has 0 saturated carbocycles. The molecule has 94 valence electrons. The Balaban J connectivity index is 1.93. The van der Waals surface area contributed by atoms with Gasteiger partial charge in [0.15, 0.2) is 11.6 Å². The minimum atomic E-state index is -0.191. The third-order valence-electron chi connectivity index (χ3n) is 3.54. The molecule has 1 aromatic rings. The summed E-state index contributed by atoms with van der Waals surface area (Å²) >= 11 is 0. The van der Waals surface area contributed by atoms with Crippen molar-refractivity contribution in [3.63, 3.8) is 0 Å². The molecule has 0 radical (unpaired) electrons. The first kappa shape index (κ1) is 12.4. The van der Waals surface area contributed by atoms with Crippen LogP contribution in [0.2, 0.25) is 0 Å². The first-order chi connectivity index (χ1) is 8.31. The molecule has 0 bridgehead atoms. The molecule has 17 heavy (non-hydrogen) atoms. The van der Waals surface area contributed by atoms with Crippen LogP contribution in [0, 0.1) is 11.7 Å². The van der Waals surface area contributed by atoms with Crippen molar-refractivity contribution in [1.29, 1.82) is 0 Å². The summed E-state index contributed by atoms with van der Waals surface area (Å²) in [5.74, 6) is 0.901. The number of ether oxygens (including phenoxy) is 1. The molecule has 2 nitrogen and oxygen atoms in total. The molecule has 0 unspecified atom stereocenters. The van der Waals surface area contributed by atoms with Gasteiger partial charge in [0.05, 0.1) is 7.11 Å². The van der Waals surface area contributed by atoms with Crippen molar-refractivity contribution >= 4 is 0 Å². The SMILES string of the molecule is COc1cccc(CCC2CCNCC2)c1F. The fourth-order valence-electron chi connectivity index (χ4n) is 2.44. The summed E-state index contributed by atoms with van der Waals surface area (Å²) in [4.78, 5) is 0. The monoisotopic (exact) mass is 237 g/mol. The Hall–Kier alpha value is -1.09. The predicted molar refractivity (Wildman–Crippen MR) is 66.9 cm³/mol. The van der Waals surface area contributed by atoms with Gasteiger partial charge in [-0.15, -0.1) is 0 Å². The Morgan fingerprint density at radius 3 is 2.82 bits per heavy atom. The van der Waals surface area contributed by atoms with Crippen molar-refractivity contribution < 1.29 is 9.13 Å². The van der Waals surface area contributed by atoms with E-state index < -0.39 is 0 Å². The van der Waals surface area contributed by atoms with E-state index in [-0.39, 0.29) is 5.82 Å². The second-order valence-electron chi connectivity index (χ2n) is 4.67. The number of rotatable bonds is 4. The lowest BCUT2D eigenvalue weighted by molar-refractivity contribution is 0.350. The average molecular weight is 237 g/mol. The van der Waals surface area contributed by atoms with Crippen LogP contribution in [0.1, 0.15) is 24.8 Å². The third-order valence-corrected chi connectivity index (χ3v) is 3.54. The lowest BCUT2D eigenvalue weighted by Gasteiger charge is -2.22. The molecular weight excluding hydrogens is 217 g/mol. The molecule has 1 N–H and O–H groups in total. The van der Waals surface area contributed by atoms with Gasteiger partial charge in [-0.05, 0) is 56.3 Å². The smallest absolute Gasteiger partial charge is 0.168 e. The fraction of sp³-hybridized carbons (Fsp3) is 0.571. The molecule has 0 aliphatic carbocycles. The number of piperidine rings is 1. The van der Waals surface area contributed by atoms with Crippen molar-refractivity contribution in [2.45, 2.75) is 25.7 Å². The Morgan fingerprint density at radius 1 is 1.35 bits per heavy atom. The molecule has 1 aliphatic heterocycles. The van der Waals surface area contributed by atoms with Crippen LogP contribution in [-0.2, 0) is 6.42 Å². The van der Waals surface area contributed by atoms with Gasteiger partial charge in [-0.25, -0.2) is 4.39 Å². The van der Waals surface area contributed by atoms with Crippen molar-refractivity contribution in [2.24, 2.45) is 5.92 Å². The maximum Gasteiger partial charge on any atom is 0.168 e. The highest BCUT2D eigenvalue weighted by atomic mass is 19.1. The number of methoxy groups -OCH3 is 1. The molecule has 0 atom stereocenters. The number of halogens is 1. The summed E-state index contributed by atoms with van der Waals surface area (Å²) in [5, 5.41) is 3.35. The maximum absolute atomic E-state index is 13.9. The topological polar surface area (TPSA) is 21.3 Å². The van der Waals surface area contributed by atoms with Crippen molar-refractivity contribution in [3.8, 4) is 5.75 Å². The number of benzene rings is 1. The Labute approximate surface area is 102 Å². The summed E-state index contributed by atoms with van der Waals surface area (Å²) in [6.45, 7) is 2.20. The Kier molecular flexibility index (Phi) is 4.37. The van der Waals surface area contributed by atoms with Crippen LogP contribution in [-0.4, -0.2) is 20.2 Å². The third kappa shape index (κ3) is 3.19. The number of aryl methyl sites for hydroxylation is 1. The molecule has 1 saturated heterocycles. The highest BCUT2D eigenvalue weighted by Gasteiger charge is 2.14. The zero-order chi connectivity index (χ0) is 12.1. The van der Waals surface area contributed by atoms with Crippen molar-refractivity contribution in [1.82, 2.24) is 5.32 Å². The molecule has 0 spiro atoms. The molecule has 2 rings (SSSR count). The van der Waals surface area contributed by atoms with E-state index >= 15 is 0 Å². The van der Waals surface area contributed by atoms with Crippen LogP contribution in [0.4, 0.5) is 4.39 Å². The van der Waals surface area contributed by atoms with Gasteiger partial charge in [-0.1, -0.05) is 12.1 Å². The minimum absolute atomic E-state index is 0.191. The predicted octanol–water partition coefficient (Wildman–Crippen LogP) is 2.77. The van der Waals surface area contributed by atoms with Gasteiger partial charge in [0.25, 0.3) is 0 Å². The minimum Gasteiger partial charge on any atom is -0.494 e. The molecule has 0 aromatic heterocycles. The first-order valence-corrected chi connectivity index (χ1v) is 6.33. The van der Waals surface area contributed by atoms with Gasteiger partial charge in [0, 0.05) is 0 Å². The zero-order valence-corrected chi connectivity index (χ0v) is 10.3. The summed E-state index contributed by atoms with van der Waals surface area (Å²) in [6.07, 6.45) is 4.32. The number of hydrogen-bond acceptors (Lipinski definition) is 2. The van der Waals surface area contributed by atoms with Crippen LogP contribution in [0.15, 0.2) is 18.2 Å². The molecular formula is C14H20FNO. The lowest BCUT2D eigenvalue weighted by Crippen LogP contribution is -2.27. The van der Waals surface area contributed by atoms with E-state index in [1.165, 1.54) is 20.0 Å². The van der Waals surface area contributed by atoms with E-state index in [0.29, 0.717) is 5.75 Å². The maximum atomic E-state index is 13.9. The van der Waals surface area contributed by atoms with Gasteiger partial charge >= 0.3 is 0 Å². The summed E-state index contributed by atoms with van der Waals surface area (Å²) in [6, 6.07) is 5.39. The molecule has 1 aliphatic rings. The Morgan fingerprint density at radius 2 is 2.12 bits per heavy atom. The van der Waals surface area contributed by atoms with Gasteiger partial charge in [0.1, 0.15) is 0 Å². The van der Waals surface area contributed by atoms with Crippen molar-refractivity contribution in [3.05, 3.63) is 29.6 Å². The summed E-state index contributed by atoms with van der Waals surface area (Å²) in [7, 11) is 1.51. The first-order valence-electron chi connectivity index (χ1n) is 6.33. The van der Waals surface area contributed by atoms with Crippen LogP contribution >= 0.6 is 0 Å². The summed E-state index contributed by atoms with van der Waals surface area (Å²) < 4.78 is 18.9. The fourth-order valence-corrected chi connectivity index (χ4v) is 2.44. The standard InChI is InChI=1S/C14H20FNO/c1-17-13-4-2-3-12(14(13)15)6-5-11-7-9-16-10-8-11/h2-4,11,16H,5-10H2,1H3. The molecule has 0 amide bonds. The van der Waals surface area contributed by atoms with E-state index in [9.17, 15) is 4.39 Å². The van der Waals surface area contributed by atoms with Crippen LogP contribution < -0.4 is 10.1 Å². The largest absolute Gasteiger partial charge is 0.494 e. The second kappa shape index (κ2) is 6.01. The van der Waals surface area contributed by atoms with E-state index in [4.69, 9.17) is 4.74 Å². The normalized spacial score (nSPS) is 17.1. The number of hydrogen-bond donors (Lipinski definition) is 1. The zero-order valence-electron chi connectivity index (χ0n) is 10.3.